The van der Waals surface area contributed by atoms with E-state index in [4.69, 9.17) is 16.0 Å². The van der Waals surface area contributed by atoms with Gasteiger partial charge in [-0.2, -0.15) is 0 Å². The maximum atomic E-state index is 13.1. The summed E-state index contributed by atoms with van der Waals surface area (Å²) in [4.78, 5) is 0. The third-order valence-electron chi connectivity index (χ3n) is 3.39. The molecule has 4 heteroatoms. The van der Waals surface area contributed by atoms with Crippen LogP contribution >= 0.6 is 11.6 Å². The van der Waals surface area contributed by atoms with Crippen LogP contribution in [-0.2, 0) is 0 Å². The summed E-state index contributed by atoms with van der Waals surface area (Å²) in [5.74, 6) is 0.547. The Balaban J connectivity index is 2.04. The Morgan fingerprint density at radius 2 is 1.90 bits per heavy atom. The lowest BCUT2D eigenvalue weighted by Crippen LogP contribution is -2.21. The first-order valence-electron chi connectivity index (χ1n) is 6.85. The number of nitrogens with one attached hydrogen (secondary N) is 1. The van der Waals surface area contributed by atoms with Crippen LogP contribution in [0.4, 0.5) is 4.39 Å². The van der Waals surface area contributed by atoms with E-state index in [9.17, 15) is 4.39 Å². The van der Waals surface area contributed by atoms with Crippen molar-refractivity contribution in [2.45, 2.75) is 13.0 Å². The van der Waals surface area contributed by atoms with Gasteiger partial charge < -0.3 is 9.73 Å². The number of benzene rings is 2. The molecule has 3 rings (SSSR count). The molecule has 21 heavy (non-hydrogen) atoms. The molecule has 1 heterocycles. The lowest BCUT2D eigenvalue weighted by atomic mass is 10.0. The minimum atomic E-state index is -0.245. The molecule has 2 nitrogen and oxygen atoms in total. The van der Waals surface area contributed by atoms with E-state index < -0.39 is 0 Å². The molecule has 0 aliphatic rings. The van der Waals surface area contributed by atoms with Crippen molar-refractivity contribution < 1.29 is 8.81 Å². The quantitative estimate of drug-likeness (QED) is 0.739. The van der Waals surface area contributed by atoms with Gasteiger partial charge in [0.05, 0.1) is 6.04 Å². The molecule has 0 radical (unpaired) electrons. The maximum Gasteiger partial charge on any atom is 0.134 e. The maximum absolute atomic E-state index is 13.1. The molecule has 1 N–H and O–H groups in total. The lowest BCUT2D eigenvalue weighted by Gasteiger charge is -2.15. The third kappa shape index (κ3) is 2.94. The summed E-state index contributed by atoms with van der Waals surface area (Å²) in [6, 6.07) is 13.8. The van der Waals surface area contributed by atoms with Crippen molar-refractivity contribution in [3.63, 3.8) is 0 Å². The molecule has 0 saturated heterocycles. The fourth-order valence-corrected chi connectivity index (χ4v) is 2.60. The van der Waals surface area contributed by atoms with Gasteiger partial charge in [-0.3, -0.25) is 0 Å². The van der Waals surface area contributed by atoms with Gasteiger partial charge in [-0.15, -0.1) is 0 Å². The van der Waals surface area contributed by atoms with Crippen LogP contribution in [0.15, 0.2) is 52.9 Å². The highest BCUT2D eigenvalue weighted by atomic mass is 35.5. The van der Waals surface area contributed by atoms with E-state index in [2.05, 4.69) is 5.32 Å². The molecular formula is C17H15ClFNO. The fraction of sp³-hybridized carbons (Fsp3) is 0.176. The van der Waals surface area contributed by atoms with Gasteiger partial charge in [-0.25, -0.2) is 4.39 Å². The van der Waals surface area contributed by atoms with Crippen LogP contribution < -0.4 is 5.32 Å². The Hall–Kier alpha value is -1.84. The minimum Gasteiger partial charge on any atom is -0.459 e. The topological polar surface area (TPSA) is 25.2 Å². The average molecular weight is 304 g/mol. The number of furan rings is 1. The van der Waals surface area contributed by atoms with Crippen molar-refractivity contribution in [2.24, 2.45) is 0 Å². The summed E-state index contributed by atoms with van der Waals surface area (Å²) >= 11 is 6.00. The lowest BCUT2D eigenvalue weighted by molar-refractivity contribution is 0.476. The summed E-state index contributed by atoms with van der Waals surface area (Å²) in [7, 11) is 0. The van der Waals surface area contributed by atoms with Crippen molar-refractivity contribution in [3.8, 4) is 0 Å². The van der Waals surface area contributed by atoms with E-state index in [0.29, 0.717) is 5.02 Å². The zero-order valence-corrected chi connectivity index (χ0v) is 12.3. The van der Waals surface area contributed by atoms with Crippen molar-refractivity contribution in [1.82, 2.24) is 5.32 Å². The number of hydrogen-bond donors (Lipinski definition) is 1. The van der Waals surface area contributed by atoms with Crippen molar-refractivity contribution in [2.75, 3.05) is 6.54 Å². The van der Waals surface area contributed by atoms with Gasteiger partial charge in [-0.05, 0) is 48.5 Å². The number of hydrogen-bond acceptors (Lipinski definition) is 2. The van der Waals surface area contributed by atoms with Gasteiger partial charge in [0, 0.05) is 10.4 Å². The van der Waals surface area contributed by atoms with Crippen molar-refractivity contribution in [3.05, 3.63) is 70.7 Å². The Bertz CT molecular complexity index is 751. The van der Waals surface area contributed by atoms with E-state index in [1.807, 2.05) is 25.1 Å². The van der Waals surface area contributed by atoms with Crippen LogP contribution in [0.5, 0.6) is 0 Å². The van der Waals surface area contributed by atoms with Crippen LogP contribution in [0, 0.1) is 5.82 Å². The molecule has 2 aromatic carbocycles. The molecule has 0 aliphatic carbocycles. The van der Waals surface area contributed by atoms with Crippen molar-refractivity contribution >= 4 is 22.6 Å². The molecular weight excluding hydrogens is 289 g/mol. The fourth-order valence-electron chi connectivity index (χ4n) is 2.42. The summed E-state index contributed by atoms with van der Waals surface area (Å²) in [5.41, 5.74) is 1.75. The number of fused-ring (bicyclic) bond motifs is 1. The van der Waals surface area contributed by atoms with Crippen LogP contribution in [0.25, 0.3) is 11.0 Å². The van der Waals surface area contributed by atoms with E-state index in [0.717, 1.165) is 28.8 Å². The van der Waals surface area contributed by atoms with E-state index in [-0.39, 0.29) is 11.9 Å². The van der Waals surface area contributed by atoms with E-state index in [1.54, 1.807) is 18.2 Å². The molecule has 0 fully saturated rings. The Morgan fingerprint density at radius 3 is 2.62 bits per heavy atom. The van der Waals surface area contributed by atoms with Crippen LogP contribution in [-0.4, -0.2) is 6.54 Å². The summed E-state index contributed by atoms with van der Waals surface area (Å²) in [6.07, 6.45) is 0. The smallest absolute Gasteiger partial charge is 0.134 e. The van der Waals surface area contributed by atoms with Crippen LogP contribution in [0.2, 0.25) is 5.02 Å². The normalized spacial score (nSPS) is 12.7. The highest BCUT2D eigenvalue weighted by Crippen LogP contribution is 2.29. The molecule has 3 aromatic rings. The van der Waals surface area contributed by atoms with Crippen LogP contribution in [0.1, 0.15) is 24.3 Å². The monoisotopic (exact) mass is 303 g/mol. The zero-order valence-electron chi connectivity index (χ0n) is 11.6. The molecule has 1 aromatic heterocycles. The van der Waals surface area contributed by atoms with Crippen LogP contribution in [0.3, 0.4) is 0 Å². The van der Waals surface area contributed by atoms with Gasteiger partial charge >= 0.3 is 0 Å². The zero-order chi connectivity index (χ0) is 14.8. The molecule has 0 saturated carbocycles. The van der Waals surface area contributed by atoms with Gasteiger partial charge in [0.1, 0.15) is 17.2 Å². The highest BCUT2D eigenvalue weighted by molar-refractivity contribution is 6.31. The Kier molecular flexibility index (Phi) is 3.95. The predicted octanol–water partition coefficient (Wildman–Crippen LogP) is 4.92. The number of rotatable bonds is 4. The first-order valence-corrected chi connectivity index (χ1v) is 7.23. The first-order chi connectivity index (χ1) is 10.2. The van der Waals surface area contributed by atoms with Gasteiger partial charge in [0.2, 0.25) is 0 Å². The molecule has 0 aliphatic heterocycles. The standard InChI is InChI=1S/C17H15ClFNO/c1-2-20-17(11-3-6-14(19)7-4-11)16-10-12-9-13(18)5-8-15(12)21-16/h3-10,17,20H,2H2,1H3. The molecule has 0 bridgehead atoms. The van der Waals surface area contributed by atoms with Gasteiger partial charge in [-0.1, -0.05) is 30.7 Å². The summed E-state index contributed by atoms with van der Waals surface area (Å²) < 4.78 is 19.0. The second kappa shape index (κ2) is 5.88. The SMILES string of the molecule is CCNC(c1ccc(F)cc1)c1cc2cc(Cl)ccc2o1. The third-order valence-corrected chi connectivity index (χ3v) is 3.63. The minimum absolute atomic E-state index is 0.109. The second-order valence-electron chi connectivity index (χ2n) is 4.87. The van der Waals surface area contributed by atoms with Gasteiger partial charge in [0.15, 0.2) is 0 Å². The average Bonchev–Trinajstić information content (AvgIpc) is 2.88. The molecule has 108 valence electrons. The molecule has 1 unspecified atom stereocenters. The van der Waals surface area contributed by atoms with Gasteiger partial charge in [0.25, 0.3) is 0 Å². The van der Waals surface area contributed by atoms with E-state index >= 15 is 0 Å². The molecule has 0 spiro atoms. The van der Waals surface area contributed by atoms with E-state index in [1.165, 1.54) is 12.1 Å². The highest BCUT2D eigenvalue weighted by Gasteiger charge is 2.17. The molecule has 0 amide bonds. The largest absolute Gasteiger partial charge is 0.459 e. The predicted molar refractivity (Wildman–Crippen MR) is 83.1 cm³/mol. The number of halogens is 2. The summed E-state index contributed by atoms with van der Waals surface area (Å²) in [6.45, 7) is 2.80. The molecule has 1 atom stereocenters. The summed E-state index contributed by atoms with van der Waals surface area (Å²) in [5, 5.41) is 5.00. The Labute approximate surface area is 127 Å². The first kappa shape index (κ1) is 14.1. The Morgan fingerprint density at radius 1 is 1.14 bits per heavy atom. The second-order valence-corrected chi connectivity index (χ2v) is 5.31. The van der Waals surface area contributed by atoms with Crippen molar-refractivity contribution in [1.29, 1.82) is 0 Å².